The topological polar surface area (TPSA) is 118 Å². The van der Waals surface area contributed by atoms with Crippen molar-refractivity contribution in [2.45, 2.75) is 5.54 Å². The van der Waals surface area contributed by atoms with Crippen molar-refractivity contribution >= 4 is 18.2 Å². The molecule has 1 unspecified atom stereocenters. The molecule has 0 saturated carbocycles. The number of hydrogen-bond acceptors (Lipinski definition) is 3. The highest BCUT2D eigenvalue weighted by Crippen LogP contribution is 2.23. The van der Waals surface area contributed by atoms with Crippen LogP contribution in [-0.2, 0) is 4.79 Å². The molecule has 0 aromatic heterocycles. The van der Waals surface area contributed by atoms with Crippen molar-refractivity contribution in [2.75, 3.05) is 26.3 Å². The summed E-state index contributed by atoms with van der Waals surface area (Å²) in [5.74, 6) is -1.70. The third-order valence-corrected chi connectivity index (χ3v) is 2.68. The summed E-state index contributed by atoms with van der Waals surface area (Å²) in [5.41, 5.74) is -2.36. The third-order valence-electron chi connectivity index (χ3n) is 2.68. The number of carboxylic acids is 1. The van der Waals surface area contributed by atoms with Gasteiger partial charge in [0.05, 0.1) is 6.54 Å². The predicted octanol–water partition coefficient (Wildman–Crippen LogP) is -0.247. The zero-order valence-electron chi connectivity index (χ0n) is 8.67. The molecule has 1 fully saturated rings. The molecule has 1 rings (SSSR count). The van der Waals surface area contributed by atoms with Crippen LogP contribution in [0.3, 0.4) is 0 Å². The van der Waals surface area contributed by atoms with Gasteiger partial charge in [-0.1, -0.05) is 0 Å². The molecule has 1 aliphatic heterocycles. The van der Waals surface area contributed by atoms with Gasteiger partial charge in [0.2, 0.25) is 0 Å². The highest BCUT2D eigenvalue weighted by Gasteiger charge is 2.52. The molecular weight excluding hydrogens is 239 g/mol. The first-order valence-corrected chi connectivity index (χ1v) is 4.63. The zero-order chi connectivity index (χ0) is 13.2. The lowest BCUT2D eigenvalue weighted by Gasteiger charge is -2.44. The molecule has 0 aliphatic carbocycles. The Morgan fingerprint density at radius 2 is 1.71 bits per heavy atom. The lowest BCUT2D eigenvalue weighted by atomic mass is 9.96. The van der Waals surface area contributed by atoms with Gasteiger partial charge in [-0.25, -0.2) is 18.8 Å². The molecule has 1 atom stereocenters. The Labute approximate surface area is 94.8 Å². The standard InChI is InChI=1S/C8H11FN2O6/c9-3-8(5(12)13)4-10(6(14)15)1-2-11(8)7(16)17/h1-4H2,(H,12,13)(H,14,15)(H,16,17). The summed E-state index contributed by atoms with van der Waals surface area (Å²) in [7, 11) is 0. The van der Waals surface area contributed by atoms with Gasteiger partial charge in [0.25, 0.3) is 0 Å². The third kappa shape index (κ3) is 2.08. The van der Waals surface area contributed by atoms with E-state index in [1.54, 1.807) is 0 Å². The lowest BCUT2D eigenvalue weighted by molar-refractivity contribution is -0.155. The van der Waals surface area contributed by atoms with E-state index in [-0.39, 0.29) is 13.1 Å². The van der Waals surface area contributed by atoms with Crippen LogP contribution in [0.25, 0.3) is 0 Å². The average molecular weight is 250 g/mol. The van der Waals surface area contributed by atoms with Crippen LogP contribution in [0.1, 0.15) is 0 Å². The van der Waals surface area contributed by atoms with Gasteiger partial charge in [-0.15, -0.1) is 0 Å². The van der Waals surface area contributed by atoms with Gasteiger partial charge in [0, 0.05) is 13.1 Å². The molecule has 1 aliphatic rings. The van der Waals surface area contributed by atoms with E-state index in [4.69, 9.17) is 15.3 Å². The fourth-order valence-corrected chi connectivity index (χ4v) is 1.71. The van der Waals surface area contributed by atoms with Crippen LogP contribution in [0.5, 0.6) is 0 Å². The van der Waals surface area contributed by atoms with Crippen LogP contribution >= 0.6 is 0 Å². The summed E-state index contributed by atoms with van der Waals surface area (Å²) in [4.78, 5) is 33.7. The number of aliphatic carboxylic acids is 1. The first-order chi connectivity index (χ1) is 7.85. The van der Waals surface area contributed by atoms with Gasteiger partial charge in [0.1, 0.15) is 6.67 Å². The Hall–Kier alpha value is -2.06. The molecule has 17 heavy (non-hydrogen) atoms. The number of rotatable bonds is 2. The van der Waals surface area contributed by atoms with E-state index in [0.29, 0.717) is 9.80 Å². The summed E-state index contributed by atoms with van der Waals surface area (Å²) in [5, 5.41) is 26.5. The zero-order valence-corrected chi connectivity index (χ0v) is 8.67. The molecule has 0 bridgehead atoms. The molecule has 0 aromatic carbocycles. The fraction of sp³-hybridized carbons (Fsp3) is 0.625. The minimum Gasteiger partial charge on any atom is -0.479 e. The first kappa shape index (κ1) is 13.0. The van der Waals surface area contributed by atoms with Gasteiger partial charge in [-0.2, -0.15) is 0 Å². The second-order valence-corrected chi connectivity index (χ2v) is 3.61. The smallest absolute Gasteiger partial charge is 0.408 e. The molecule has 0 aromatic rings. The number of amides is 2. The number of alkyl halides is 1. The quantitative estimate of drug-likeness (QED) is 0.622. The van der Waals surface area contributed by atoms with Crippen LogP contribution in [0.15, 0.2) is 0 Å². The number of nitrogens with zero attached hydrogens (tertiary/aromatic N) is 2. The van der Waals surface area contributed by atoms with Gasteiger partial charge >= 0.3 is 18.2 Å². The van der Waals surface area contributed by atoms with Gasteiger partial charge in [0.15, 0.2) is 5.54 Å². The summed E-state index contributed by atoms with van der Waals surface area (Å²) < 4.78 is 12.9. The minimum atomic E-state index is -2.36. The van der Waals surface area contributed by atoms with E-state index in [9.17, 15) is 18.8 Å². The van der Waals surface area contributed by atoms with Gasteiger partial charge in [-0.3, -0.25) is 4.90 Å². The second-order valence-electron chi connectivity index (χ2n) is 3.61. The van der Waals surface area contributed by atoms with Crippen molar-refractivity contribution in [1.29, 1.82) is 0 Å². The lowest BCUT2D eigenvalue weighted by Crippen LogP contribution is -2.69. The molecule has 0 radical (unpaired) electrons. The maximum atomic E-state index is 12.9. The summed E-state index contributed by atoms with van der Waals surface area (Å²) in [6.07, 6.45) is -3.00. The van der Waals surface area contributed by atoms with Crippen molar-refractivity contribution in [3.63, 3.8) is 0 Å². The number of carboxylic acid groups (broad SMARTS) is 3. The molecule has 2 amide bonds. The molecule has 1 heterocycles. The first-order valence-electron chi connectivity index (χ1n) is 4.63. The number of carbonyl (C=O) groups is 3. The van der Waals surface area contributed by atoms with Gasteiger partial charge < -0.3 is 20.2 Å². The molecule has 8 nitrogen and oxygen atoms in total. The van der Waals surface area contributed by atoms with E-state index in [0.717, 1.165) is 0 Å². The number of piperazine rings is 1. The van der Waals surface area contributed by atoms with Crippen LogP contribution in [0.2, 0.25) is 0 Å². The van der Waals surface area contributed by atoms with Crippen molar-refractivity contribution in [2.24, 2.45) is 0 Å². The highest BCUT2D eigenvalue weighted by molar-refractivity contribution is 5.85. The largest absolute Gasteiger partial charge is 0.479 e. The molecule has 3 N–H and O–H groups in total. The van der Waals surface area contributed by atoms with E-state index < -0.39 is 36.9 Å². The minimum absolute atomic E-state index is 0.184. The molecule has 0 spiro atoms. The van der Waals surface area contributed by atoms with Crippen molar-refractivity contribution in [3.8, 4) is 0 Å². The van der Waals surface area contributed by atoms with E-state index in [1.165, 1.54) is 0 Å². The molecule has 1 saturated heterocycles. The fourth-order valence-electron chi connectivity index (χ4n) is 1.71. The molecular formula is C8H11FN2O6. The maximum Gasteiger partial charge on any atom is 0.408 e. The van der Waals surface area contributed by atoms with E-state index in [1.807, 2.05) is 0 Å². The Morgan fingerprint density at radius 3 is 2.06 bits per heavy atom. The molecule has 96 valence electrons. The Balaban J connectivity index is 3.09. The monoisotopic (exact) mass is 250 g/mol. The normalized spacial score (nSPS) is 24.5. The van der Waals surface area contributed by atoms with E-state index in [2.05, 4.69) is 0 Å². The average Bonchev–Trinajstić information content (AvgIpc) is 2.27. The molecule has 9 heteroatoms. The second kappa shape index (κ2) is 4.44. The van der Waals surface area contributed by atoms with Crippen LogP contribution < -0.4 is 0 Å². The maximum absolute atomic E-state index is 12.9. The van der Waals surface area contributed by atoms with Gasteiger partial charge in [-0.05, 0) is 0 Å². The SMILES string of the molecule is O=C(O)N1CCN(C(=O)O)C(CF)(C(=O)O)C1. The number of halogens is 1. The summed E-state index contributed by atoms with van der Waals surface area (Å²) in [6, 6.07) is 0. The van der Waals surface area contributed by atoms with Crippen LogP contribution in [0, 0.1) is 0 Å². The van der Waals surface area contributed by atoms with Crippen LogP contribution in [-0.4, -0.2) is 75.1 Å². The summed E-state index contributed by atoms with van der Waals surface area (Å²) in [6.45, 7) is -2.77. The predicted molar refractivity (Wildman–Crippen MR) is 50.7 cm³/mol. The van der Waals surface area contributed by atoms with Crippen molar-refractivity contribution < 1.29 is 34.1 Å². The highest BCUT2D eigenvalue weighted by atomic mass is 19.1. The number of hydrogen-bond donors (Lipinski definition) is 3. The van der Waals surface area contributed by atoms with Crippen LogP contribution in [0.4, 0.5) is 14.0 Å². The van der Waals surface area contributed by atoms with Crippen molar-refractivity contribution in [1.82, 2.24) is 9.80 Å². The Bertz CT molecular complexity index is 362. The summed E-state index contributed by atoms with van der Waals surface area (Å²) >= 11 is 0. The van der Waals surface area contributed by atoms with Crippen molar-refractivity contribution in [3.05, 3.63) is 0 Å². The Morgan fingerprint density at radius 1 is 1.12 bits per heavy atom. The van der Waals surface area contributed by atoms with E-state index >= 15 is 0 Å². The Kier molecular flexibility index (Phi) is 3.39.